The number of nitrogens with two attached hydrogens (primary N) is 1. The molecule has 3 nitrogen and oxygen atoms in total. The maximum atomic E-state index is 10.5. The smallest absolute Gasteiger partial charge is 0.217 e. The first-order valence-corrected chi connectivity index (χ1v) is 5.65. The summed E-state index contributed by atoms with van der Waals surface area (Å²) in [6, 6.07) is 7.88. The fourth-order valence-corrected chi connectivity index (χ4v) is 1.94. The molecule has 0 aliphatic carbocycles. The van der Waals surface area contributed by atoms with Crippen molar-refractivity contribution >= 4 is 17.7 Å². The van der Waals surface area contributed by atoms with Crippen LogP contribution in [0.15, 0.2) is 29.2 Å². The van der Waals surface area contributed by atoms with Crippen LogP contribution in [0.5, 0.6) is 0 Å². The fraction of sp³-hybridized carbons (Fsp3) is 0.364. The molecule has 0 heterocycles. The summed E-state index contributed by atoms with van der Waals surface area (Å²) in [5, 5.41) is 9.58. The van der Waals surface area contributed by atoms with E-state index < -0.39 is 5.44 Å². The number of carbonyl (C=O) groups excluding carboxylic acids is 1. The maximum absolute atomic E-state index is 10.5. The average molecular weight is 225 g/mol. The quantitative estimate of drug-likeness (QED) is 0.592. The number of carbonyl (C=O) groups is 1. The lowest BCUT2D eigenvalue weighted by atomic mass is 10.2. The third kappa shape index (κ3) is 4.85. The molecule has 15 heavy (non-hydrogen) atoms. The van der Waals surface area contributed by atoms with Crippen LogP contribution in [0, 0.1) is 6.92 Å². The van der Waals surface area contributed by atoms with Crippen LogP contribution in [0.2, 0.25) is 0 Å². The summed E-state index contributed by atoms with van der Waals surface area (Å²) in [5.41, 5.74) is 5.61. The molecule has 0 aromatic heterocycles. The summed E-state index contributed by atoms with van der Waals surface area (Å²) in [5.74, 6) is -0.376. The zero-order chi connectivity index (χ0) is 11.3. The monoisotopic (exact) mass is 225 g/mol. The molecule has 1 rings (SSSR count). The van der Waals surface area contributed by atoms with E-state index in [1.165, 1.54) is 17.3 Å². The maximum Gasteiger partial charge on any atom is 0.217 e. The van der Waals surface area contributed by atoms with Gasteiger partial charge in [0.05, 0.1) is 0 Å². The lowest BCUT2D eigenvalue weighted by Gasteiger charge is -2.08. The Bertz CT molecular complexity index is 324. The van der Waals surface area contributed by atoms with Crippen LogP contribution in [-0.2, 0) is 4.79 Å². The first kappa shape index (κ1) is 12.1. The summed E-state index contributed by atoms with van der Waals surface area (Å²) >= 11 is 1.34. The van der Waals surface area contributed by atoms with Crippen LogP contribution >= 0.6 is 11.8 Å². The number of primary amides is 1. The normalized spacial score (nSPS) is 12.4. The minimum Gasteiger partial charge on any atom is -0.382 e. The van der Waals surface area contributed by atoms with Crippen molar-refractivity contribution in [1.82, 2.24) is 0 Å². The minimum absolute atomic E-state index is 0.222. The Labute approximate surface area is 93.7 Å². The topological polar surface area (TPSA) is 63.3 Å². The van der Waals surface area contributed by atoms with Gasteiger partial charge >= 0.3 is 0 Å². The standard InChI is InChI=1S/C11H15NO2S/c1-8-2-4-9(5-3-8)15-11(14)7-6-10(12)13/h2-5,11,14H,6-7H2,1H3,(H2,12,13). The molecule has 0 fully saturated rings. The number of rotatable bonds is 5. The molecule has 0 aliphatic rings. The highest BCUT2D eigenvalue weighted by atomic mass is 32.2. The van der Waals surface area contributed by atoms with Crippen LogP contribution in [0.4, 0.5) is 0 Å². The summed E-state index contributed by atoms with van der Waals surface area (Å²) in [7, 11) is 0. The summed E-state index contributed by atoms with van der Waals surface area (Å²) < 4.78 is 0. The number of thioether (sulfide) groups is 1. The minimum atomic E-state index is -0.569. The Kier molecular flexibility index (Phi) is 4.65. The largest absolute Gasteiger partial charge is 0.382 e. The third-order valence-corrected chi connectivity index (χ3v) is 2.98. The molecule has 3 N–H and O–H groups in total. The van der Waals surface area contributed by atoms with E-state index >= 15 is 0 Å². The van der Waals surface area contributed by atoms with Crippen LogP contribution < -0.4 is 5.73 Å². The zero-order valence-corrected chi connectivity index (χ0v) is 9.46. The fourth-order valence-electron chi connectivity index (χ4n) is 1.10. The molecular formula is C11H15NO2S. The molecule has 0 aliphatic heterocycles. The Balaban J connectivity index is 2.40. The lowest BCUT2D eigenvalue weighted by Crippen LogP contribution is -2.13. The van der Waals surface area contributed by atoms with Crippen molar-refractivity contribution in [2.24, 2.45) is 5.73 Å². The molecule has 0 saturated heterocycles. The lowest BCUT2D eigenvalue weighted by molar-refractivity contribution is -0.118. The molecule has 0 spiro atoms. The first-order valence-electron chi connectivity index (χ1n) is 4.77. The highest BCUT2D eigenvalue weighted by molar-refractivity contribution is 7.99. The van der Waals surface area contributed by atoms with Crippen LogP contribution in [0.25, 0.3) is 0 Å². The number of aliphatic hydroxyl groups is 1. The number of amides is 1. The van der Waals surface area contributed by atoms with Gasteiger partial charge in [0.25, 0.3) is 0 Å². The highest BCUT2D eigenvalue weighted by Crippen LogP contribution is 2.24. The van der Waals surface area contributed by atoms with E-state index in [1.54, 1.807) is 0 Å². The van der Waals surface area contributed by atoms with Gasteiger partial charge < -0.3 is 10.8 Å². The molecule has 4 heteroatoms. The molecule has 0 radical (unpaired) electrons. The van der Waals surface area contributed by atoms with Crippen molar-refractivity contribution in [3.05, 3.63) is 29.8 Å². The van der Waals surface area contributed by atoms with Crippen molar-refractivity contribution in [1.29, 1.82) is 0 Å². The predicted molar refractivity (Wildman–Crippen MR) is 61.5 cm³/mol. The van der Waals surface area contributed by atoms with Gasteiger partial charge in [-0.1, -0.05) is 29.5 Å². The average Bonchev–Trinajstić information content (AvgIpc) is 2.19. The summed E-state index contributed by atoms with van der Waals surface area (Å²) in [6.45, 7) is 2.01. The molecule has 1 aromatic rings. The first-order chi connectivity index (χ1) is 7.08. The Morgan fingerprint density at radius 1 is 1.47 bits per heavy atom. The second-order valence-electron chi connectivity index (χ2n) is 3.39. The second-order valence-corrected chi connectivity index (χ2v) is 4.64. The van der Waals surface area contributed by atoms with E-state index in [9.17, 15) is 9.90 Å². The number of benzene rings is 1. The van der Waals surface area contributed by atoms with Gasteiger partial charge in [-0.15, -0.1) is 0 Å². The van der Waals surface area contributed by atoms with E-state index in [4.69, 9.17) is 5.73 Å². The van der Waals surface area contributed by atoms with E-state index in [2.05, 4.69) is 0 Å². The second kappa shape index (κ2) is 5.78. The number of aryl methyl sites for hydroxylation is 1. The highest BCUT2D eigenvalue weighted by Gasteiger charge is 2.07. The summed E-state index contributed by atoms with van der Waals surface area (Å²) in [4.78, 5) is 11.5. The SMILES string of the molecule is Cc1ccc(SC(O)CCC(N)=O)cc1. The molecule has 0 saturated carbocycles. The molecule has 1 amide bonds. The molecule has 0 bridgehead atoms. The molecule has 1 atom stereocenters. The van der Waals surface area contributed by atoms with Crippen LogP contribution in [0.1, 0.15) is 18.4 Å². The van der Waals surface area contributed by atoms with Crippen molar-refractivity contribution < 1.29 is 9.90 Å². The Morgan fingerprint density at radius 2 is 2.07 bits per heavy atom. The van der Waals surface area contributed by atoms with Gasteiger partial charge in [-0.25, -0.2) is 0 Å². The summed E-state index contributed by atoms with van der Waals surface area (Å²) in [6.07, 6.45) is 0.619. The van der Waals surface area contributed by atoms with Gasteiger partial charge in [0.15, 0.2) is 0 Å². The van der Waals surface area contributed by atoms with Gasteiger partial charge in [0.2, 0.25) is 5.91 Å². The van der Waals surface area contributed by atoms with Crippen LogP contribution in [0.3, 0.4) is 0 Å². The van der Waals surface area contributed by atoms with Crippen molar-refractivity contribution in [3.8, 4) is 0 Å². The molecular weight excluding hydrogens is 210 g/mol. The predicted octanol–water partition coefficient (Wildman–Crippen LogP) is 1.67. The Morgan fingerprint density at radius 3 is 2.60 bits per heavy atom. The van der Waals surface area contributed by atoms with Crippen LogP contribution in [-0.4, -0.2) is 16.4 Å². The van der Waals surface area contributed by atoms with Gasteiger partial charge in [-0.3, -0.25) is 4.79 Å². The number of hydrogen-bond acceptors (Lipinski definition) is 3. The van der Waals surface area contributed by atoms with Crippen molar-refractivity contribution in [2.75, 3.05) is 0 Å². The third-order valence-electron chi connectivity index (χ3n) is 1.93. The molecule has 82 valence electrons. The van der Waals surface area contributed by atoms with Gasteiger partial charge in [0.1, 0.15) is 5.44 Å². The zero-order valence-electron chi connectivity index (χ0n) is 8.64. The number of aliphatic hydroxyl groups excluding tert-OH is 1. The molecule has 1 unspecified atom stereocenters. The molecule has 1 aromatic carbocycles. The van der Waals surface area contributed by atoms with E-state index in [0.29, 0.717) is 6.42 Å². The van der Waals surface area contributed by atoms with E-state index in [-0.39, 0.29) is 12.3 Å². The van der Waals surface area contributed by atoms with Gasteiger partial charge in [0, 0.05) is 11.3 Å². The number of hydrogen-bond donors (Lipinski definition) is 2. The van der Waals surface area contributed by atoms with Gasteiger partial charge in [-0.05, 0) is 25.5 Å². The van der Waals surface area contributed by atoms with E-state index in [0.717, 1.165) is 4.90 Å². The van der Waals surface area contributed by atoms with Crippen molar-refractivity contribution in [2.45, 2.75) is 30.1 Å². The van der Waals surface area contributed by atoms with Crippen molar-refractivity contribution in [3.63, 3.8) is 0 Å². The Hall–Kier alpha value is -1.00. The van der Waals surface area contributed by atoms with E-state index in [1.807, 2.05) is 31.2 Å². The van der Waals surface area contributed by atoms with Gasteiger partial charge in [-0.2, -0.15) is 0 Å².